The monoisotopic (exact) mass is 359 g/mol. The van der Waals surface area contributed by atoms with Crippen molar-refractivity contribution in [2.45, 2.75) is 0 Å². The minimum Gasteiger partial charge on any atom is -0.376 e. The van der Waals surface area contributed by atoms with E-state index in [1.165, 1.54) is 0 Å². The van der Waals surface area contributed by atoms with E-state index in [2.05, 4.69) is 5.32 Å². The van der Waals surface area contributed by atoms with Crippen LogP contribution in [0.25, 0.3) is 0 Å². The number of hydrogen-bond donors (Lipinski definition) is 1. The molecule has 0 bridgehead atoms. The first-order valence-electron chi connectivity index (χ1n) is 8.15. The van der Waals surface area contributed by atoms with Gasteiger partial charge in [0.2, 0.25) is 5.91 Å². The summed E-state index contributed by atoms with van der Waals surface area (Å²) in [5, 5.41) is 3.13. The van der Waals surface area contributed by atoms with Crippen LogP contribution in [-0.2, 0) is 4.79 Å². The van der Waals surface area contributed by atoms with Crippen LogP contribution in [0.3, 0.4) is 0 Å². The van der Waals surface area contributed by atoms with Crippen LogP contribution in [0.5, 0.6) is 0 Å². The number of carbonyl (C=O) groups is 2. The second kappa shape index (κ2) is 9.08. The Hall–Kier alpha value is -2.53. The van der Waals surface area contributed by atoms with Crippen molar-refractivity contribution in [1.29, 1.82) is 0 Å². The molecule has 0 spiro atoms. The van der Waals surface area contributed by atoms with Gasteiger partial charge in [0.05, 0.1) is 6.54 Å². The lowest BCUT2D eigenvalue weighted by molar-refractivity contribution is -0.130. The summed E-state index contributed by atoms with van der Waals surface area (Å²) >= 11 is 0. The molecule has 1 aliphatic heterocycles. The molecule has 2 aromatic rings. The lowest BCUT2D eigenvalue weighted by Crippen LogP contribution is -2.51. The molecule has 132 valence electrons. The van der Waals surface area contributed by atoms with Crippen LogP contribution in [-0.4, -0.2) is 54.3 Å². The number of anilines is 1. The summed E-state index contributed by atoms with van der Waals surface area (Å²) in [4.78, 5) is 28.3. The van der Waals surface area contributed by atoms with Crippen molar-refractivity contribution in [3.8, 4) is 0 Å². The van der Waals surface area contributed by atoms with Gasteiger partial charge >= 0.3 is 0 Å². The van der Waals surface area contributed by atoms with Gasteiger partial charge in [-0.15, -0.1) is 12.4 Å². The molecule has 1 aliphatic rings. The maximum absolute atomic E-state index is 12.4. The van der Waals surface area contributed by atoms with E-state index in [-0.39, 0.29) is 30.8 Å². The molecule has 1 N–H and O–H groups in total. The van der Waals surface area contributed by atoms with Crippen LogP contribution < -0.4 is 5.32 Å². The minimum atomic E-state index is 0. The molecule has 5 nitrogen and oxygen atoms in total. The Morgan fingerprint density at radius 3 is 1.92 bits per heavy atom. The number of hydrogen-bond acceptors (Lipinski definition) is 3. The summed E-state index contributed by atoms with van der Waals surface area (Å²) in [5.74, 6) is 0.0933. The van der Waals surface area contributed by atoms with Crippen LogP contribution in [0.2, 0.25) is 0 Å². The zero-order valence-corrected chi connectivity index (χ0v) is 14.7. The van der Waals surface area contributed by atoms with E-state index < -0.39 is 0 Å². The van der Waals surface area contributed by atoms with Gasteiger partial charge in [0.25, 0.3) is 5.91 Å². The first kappa shape index (κ1) is 18.8. The van der Waals surface area contributed by atoms with Crippen LogP contribution in [0, 0.1) is 0 Å². The Labute approximate surface area is 154 Å². The lowest BCUT2D eigenvalue weighted by Gasteiger charge is -2.35. The maximum atomic E-state index is 12.4. The van der Waals surface area contributed by atoms with Gasteiger partial charge in [-0.1, -0.05) is 36.4 Å². The van der Waals surface area contributed by atoms with Crippen LogP contribution >= 0.6 is 12.4 Å². The summed E-state index contributed by atoms with van der Waals surface area (Å²) in [6, 6.07) is 18.9. The highest BCUT2D eigenvalue weighted by Crippen LogP contribution is 2.10. The Morgan fingerprint density at radius 1 is 0.800 bits per heavy atom. The predicted octanol–water partition coefficient (Wildman–Crippen LogP) is 2.50. The van der Waals surface area contributed by atoms with Crippen molar-refractivity contribution >= 4 is 29.9 Å². The first-order chi connectivity index (χ1) is 11.7. The second-order valence-corrected chi connectivity index (χ2v) is 5.76. The molecule has 0 radical (unpaired) electrons. The molecule has 6 heteroatoms. The van der Waals surface area contributed by atoms with E-state index in [0.29, 0.717) is 31.7 Å². The van der Waals surface area contributed by atoms with Crippen molar-refractivity contribution in [1.82, 2.24) is 9.80 Å². The summed E-state index contributed by atoms with van der Waals surface area (Å²) in [7, 11) is 0. The highest BCUT2D eigenvalue weighted by atomic mass is 35.5. The van der Waals surface area contributed by atoms with Crippen molar-refractivity contribution in [3.05, 3.63) is 66.2 Å². The summed E-state index contributed by atoms with van der Waals surface area (Å²) < 4.78 is 0. The van der Waals surface area contributed by atoms with Gasteiger partial charge in [-0.2, -0.15) is 0 Å². The largest absolute Gasteiger partial charge is 0.376 e. The number of para-hydroxylation sites is 1. The highest BCUT2D eigenvalue weighted by molar-refractivity contribution is 5.94. The third-order valence-corrected chi connectivity index (χ3v) is 4.16. The number of amides is 2. The van der Waals surface area contributed by atoms with Crippen molar-refractivity contribution in [3.63, 3.8) is 0 Å². The van der Waals surface area contributed by atoms with Gasteiger partial charge in [0.1, 0.15) is 0 Å². The average Bonchev–Trinajstić information content (AvgIpc) is 2.67. The molecule has 0 saturated carbocycles. The fraction of sp³-hybridized carbons (Fsp3) is 0.263. The smallest absolute Gasteiger partial charge is 0.253 e. The third kappa shape index (κ3) is 4.97. The number of carbonyl (C=O) groups excluding carboxylic acids is 2. The van der Waals surface area contributed by atoms with Crippen molar-refractivity contribution in [2.24, 2.45) is 0 Å². The number of benzene rings is 2. The molecule has 25 heavy (non-hydrogen) atoms. The van der Waals surface area contributed by atoms with Crippen LogP contribution in [0.4, 0.5) is 5.69 Å². The second-order valence-electron chi connectivity index (χ2n) is 5.76. The zero-order chi connectivity index (χ0) is 16.8. The Balaban J connectivity index is 0.00000225. The molecule has 3 rings (SSSR count). The van der Waals surface area contributed by atoms with Gasteiger partial charge in [-0.3, -0.25) is 9.59 Å². The highest BCUT2D eigenvalue weighted by Gasteiger charge is 2.24. The standard InChI is InChI=1S/C19H21N3O2.ClH/c23-18(15-20-17-9-5-2-6-10-17)21-11-13-22(14-12-21)19(24)16-7-3-1-4-8-16;/h1-10,20H,11-15H2;1H. The number of nitrogens with one attached hydrogen (secondary N) is 1. The molecule has 0 unspecified atom stereocenters. The third-order valence-electron chi connectivity index (χ3n) is 4.16. The quantitative estimate of drug-likeness (QED) is 0.912. The molecular formula is C19H22ClN3O2. The van der Waals surface area contributed by atoms with E-state index in [9.17, 15) is 9.59 Å². The summed E-state index contributed by atoms with van der Waals surface area (Å²) in [5.41, 5.74) is 1.63. The van der Waals surface area contributed by atoms with Gasteiger partial charge in [-0.05, 0) is 24.3 Å². The van der Waals surface area contributed by atoms with Gasteiger partial charge in [0, 0.05) is 37.4 Å². The molecule has 0 aromatic heterocycles. The molecule has 1 heterocycles. The molecule has 2 aromatic carbocycles. The number of rotatable bonds is 4. The number of piperazine rings is 1. The Bertz CT molecular complexity index is 686. The predicted molar refractivity (Wildman–Crippen MR) is 101 cm³/mol. The molecule has 0 atom stereocenters. The number of nitrogens with zero attached hydrogens (tertiary/aromatic N) is 2. The molecule has 1 saturated heterocycles. The van der Waals surface area contributed by atoms with Crippen molar-refractivity contribution in [2.75, 3.05) is 38.0 Å². The van der Waals surface area contributed by atoms with Gasteiger partial charge in [-0.25, -0.2) is 0 Å². The van der Waals surface area contributed by atoms with E-state index in [4.69, 9.17) is 0 Å². The Kier molecular flexibility index (Phi) is 6.83. The Morgan fingerprint density at radius 2 is 1.32 bits per heavy atom. The van der Waals surface area contributed by atoms with Crippen molar-refractivity contribution < 1.29 is 9.59 Å². The van der Waals surface area contributed by atoms with Gasteiger partial charge in [0.15, 0.2) is 0 Å². The molecular weight excluding hydrogens is 338 g/mol. The zero-order valence-electron chi connectivity index (χ0n) is 13.9. The van der Waals surface area contributed by atoms with E-state index in [1.54, 1.807) is 0 Å². The summed E-state index contributed by atoms with van der Waals surface area (Å²) in [6.45, 7) is 2.58. The van der Waals surface area contributed by atoms with E-state index in [0.717, 1.165) is 5.69 Å². The number of halogens is 1. The molecule has 1 fully saturated rings. The fourth-order valence-electron chi connectivity index (χ4n) is 2.77. The minimum absolute atomic E-state index is 0. The van der Waals surface area contributed by atoms with E-state index >= 15 is 0 Å². The fourth-order valence-corrected chi connectivity index (χ4v) is 2.77. The normalized spacial score (nSPS) is 13.8. The topological polar surface area (TPSA) is 52.7 Å². The first-order valence-corrected chi connectivity index (χ1v) is 8.15. The molecule has 0 aliphatic carbocycles. The lowest BCUT2D eigenvalue weighted by atomic mass is 10.2. The summed E-state index contributed by atoms with van der Waals surface area (Å²) in [6.07, 6.45) is 0. The maximum Gasteiger partial charge on any atom is 0.253 e. The average molecular weight is 360 g/mol. The van der Waals surface area contributed by atoms with Gasteiger partial charge < -0.3 is 15.1 Å². The van der Waals surface area contributed by atoms with Crippen LogP contribution in [0.1, 0.15) is 10.4 Å². The van der Waals surface area contributed by atoms with E-state index in [1.807, 2.05) is 70.5 Å². The van der Waals surface area contributed by atoms with Crippen LogP contribution in [0.15, 0.2) is 60.7 Å². The molecule has 2 amide bonds. The SMILES string of the molecule is Cl.O=C(CNc1ccccc1)N1CCN(C(=O)c2ccccc2)CC1.